The summed E-state index contributed by atoms with van der Waals surface area (Å²) in [5.74, 6) is 0. The van der Waals surface area contributed by atoms with E-state index in [0.29, 0.717) is 5.02 Å². The number of rotatable bonds is 5. The van der Waals surface area contributed by atoms with Gasteiger partial charge in [0.15, 0.2) is 0 Å². The third-order valence-corrected chi connectivity index (χ3v) is 4.49. The van der Waals surface area contributed by atoms with Crippen molar-refractivity contribution in [2.24, 2.45) is 5.11 Å². The van der Waals surface area contributed by atoms with Crippen molar-refractivity contribution in [3.05, 3.63) is 81.6 Å². The molecule has 0 aliphatic rings. The van der Waals surface area contributed by atoms with Crippen LogP contribution in [0.1, 0.15) is 16.6 Å². The van der Waals surface area contributed by atoms with Crippen LogP contribution in [0.15, 0.2) is 71.2 Å². The highest BCUT2D eigenvalue weighted by Crippen LogP contribution is 2.29. The molecule has 1 N–H and O–H groups in total. The molecular formula is C18H14ClN3S. The zero-order chi connectivity index (χ0) is 16.1. The minimum atomic E-state index is -0.360. The van der Waals surface area contributed by atoms with Crippen molar-refractivity contribution in [3.8, 4) is 11.3 Å². The van der Waals surface area contributed by atoms with E-state index in [9.17, 15) is 0 Å². The van der Waals surface area contributed by atoms with Crippen LogP contribution in [0.5, 0.6) is 0 Å². The predicted octanol–water partition coefficient (Wildman–Crippen LogP) is 6.25. The summed E-state index contributed by atoms with van der Waals surface area (Å²) >= 11 is 7.42. The molecule has 0 saturated carbocycles. The van der Waals surface area contributed by atoms with Crippen molar-refractivity contribution < 1.29 is 0 Å². The maximum absolute atomic E-state index is 7.43. The van der Waals surface area contributed by atoms with Gasteiger partial charge in [0.05, 0.1) is 5.69 Å². The molecule has 23 heavy (non-hydrogen) atoms. The van der Waals surface area contributed by atoms with Crippen molar-refractivity contribution >= 4 is 29.0 Å². The smallest absolute Gasteiger partial charge is 0.140 e. The highest BCUT2D eigenvalue weighted by molar-refractivity contribution is 7.10. The summed E-state index contributed by atoms with van der Waals surface area (Å²) in [6, 6.07) is 17.2. The quantitative estimate of drug-likeness (QED) is 0.549. The first kappa shape index (κ1) is 15.6. The van der Waals surface area contributed by atoms with Gasteiger partial charge in [-0.1, -0.05) is 66.2 Å². The monoisotopic (exact) mass is 339 g/mol. The molecule has 0 spiro atoms. The normalized spacial score (nSPS) is 12.4. The first-order valence-electron chi connectivity index (χ1n) is 7.07. The molecule has 1 atom stereocenters. The van der Waals surface area contributed by atoms with Gasteiger partial charge in [-0.3, -0.25) is 0 Å². The van der Waals surface area contributed by atoms with E-state index in [-0.39, 0.29) is 6.04 Å². The minimum Gasteiger partial charge on any atom is -0.238 e. The summed E-state index contributed by atoms with van der Waals surface area (Å²) in [5, 5.41) is 7.17. The van der Waals surface area contributed by atoms with Gasteiger partial charge in [0, 0.05) is 16.0 Å². The van der Waals surface area contributed by atoms with Crippen LogP contribution in [0, 0.1) is 5.53 Å². The molecule has 0 fully saturated rings. The number of nitrogens with zero attached hydrogens (tertiary/aromatic N) is 2. The number of aromatic nitrogens is 1. The molecule has 1 unspecified atom stereocenters. The van der Waals surface area contributed by atoms with Crippen molar-refractivity contribution in [1.82, 2.24) is 4.98 Å². The molecule has 0 aliphatic carbocycles. The summed E-state index contributed by atoms with van der Waals surface area (Å²) in [7, 11) is 0. The zero-order valence-corrected chi connectivity index (χ0v) is 13.8. The van der Waals surface area contributed by atoms with Gasteiger partial charge in [-0.15, -0.1) is 11.3 Å². The first-order chi connectivity index (χ1) is 11.3. The Balaban J connectivity index is 1.81. The Kier molecular flexibility index (Phi) is 4.95. The van der Waals surface area contributed by atoms with Crippen molar-refractivity contribution in [2.75, 3.05) is 0 Å². The van der Waals surface area contributed by atoms with Crippen LogP contribution in [0.4, 0.5) is 0 Å². The third kappa shape index (κ3) is 3.92. The lowest BCUT2D eigenvalue weighted by Gasteiger charge is -2.01. The molecule has 1 aromatic heterocycles. The summed E-state index contributed by atoms with van der Waals surface area (Å²) in [5.41, 5.74) is 10.4. The average molecular weight is 340 g/mol. The van der Waals surface area contributed by atoms with E-state index in [1.54, 1.807) is 0 Å². The van der Waals surface area contributed by atoms with Crippen molar-refractivity contribution in [3.63, 3.8) is 0 Å². The molecule has 0 amide bonds. The van der Waals surface area contributed by atoms with Gasteiger partial charge < -0.3 is 0 Å². The molecule has 0 bridgehead atoms. The maximum atomic E-state index is 7.43. The van der Waals surface area contributed by atoms with Gasteiger partial charge in [0.25, 0.3) is 0 Å². The Morgan fingerprint density at radius 2 is 1.83 bits per heavy atom. The highest BCUT2D eigenvalue weighted by Gasteiger charge is 2.12. The average Bonchev–Trinajstić information content (AvgIpc) is 3.07. The van der Waals surface area contributed by atoms with E-state index in [4.69, 9.17) is 17.1 Å². The fourth-order valence-electron chi connectivity index (χ4n) is 2.12. The van der Waals surface area contributed by atoms with Crippen LogP contribution in [0.25, 0.3) is 17.3 Å². The Morgan fingerprint density at radius 1 is 1.09 bits per heavy atom. The zero-order valence-electron chi connectivity index (χ0n) is 12.2. The second kappa shape index (κ2) is 7.31. The van der Waals surface area contributed by atoms with Gasteiger partial charge in [-0.25, -0.2) is 10.5 Å². The Morgan fingerprint density at radius 3 is 2.52 bits per heavy atom. The minimum absolute atomic E-state index is 0.360. The summed E-state index contributed by atoms with van der Waals surface area (Å²) in [6.07, 6.45) is 3.86. The number of nitrogens with one attached hydrogen (secondary N) is 1. The largest absolute Gasteiger partial charge is 0.238 e. The second-order valence-electron chi connectivity index (χ2n) is 4.92. The van der Waals surface area contributed by atoms with E-state index in [2.05, 4.69) is 10.1 Å². The van der Waals surface area contributed by atoms with E-state index in [0.717, 1.165) is 21.8 Å². The molecule has 3 aromatic rings. The molecule has 114 valence electrons. The molecule has 0 radical (unpaired) electrons. The number of hydrogen-bond acceptors (Lipinski definition) is 4. The van der Waals surface area contributed by atoms with Gasteiger partial charge in [0.2, 0.25) is 0 Å². The van der Waals surface area contributed by atoms with Crippen LogP contribution in [0.3, 0.4) is 0 Å². The number of hydrogen-bond donors (Lipinski definition) is 1. The van der Waals surface area contributed by atoms with Crippen LogP contribution in [0.2, 0.25) is 5.02 Å². The second-order valence-corrected chi connectivity index (χ2v) is 6.25. The number of benzene rings is 2. The third-order valence-electron chi connectivity index (χ3n) is 3.32. The number of halogens is 1. The van der Waals surface area contributed by atoms with Gasteiger partial charge >= 0.3 is 0 Å². The summed E-state index contributed by atoms with van der Waals surface area (Å²) in [4.78, 5) is 4.60. The lowest BCUT2D eigenvalue weighted by atomic mass is 10.1. The molecule has 0 aliphatic heterocycles. The SMILES string of the molecule is N=NC(C=Cc1ccccc1)c1nc(-c2ccc(Cl)cc2)cs1. The predicted molar refractivity (Wildman–Crippen MR) is 95.9 cm³/mol. The Labute approximate surface area is 143 Å². The maximum Gasteiger partial charge on any atom is 0.140 e. The van der Waals surface area contributed by atoms with E-state index >= 15 is 0 Å². The van der Waals surface area contributed by atoms with E-state index in [1.165, 1.54) is 11.3 Å². The molecule has 3 nitrogen and oxygen atoms in total. The number of thiazole rings is 1. The van der Waals surface area contributed by atoms with Crippen LogP contribution >= 0.6 is 22.9 Å². The highest BCUT2D eigenvalue weighted by atomic mass is 35.5. The van der Waals surface area contributed by atoms with Crippen LogP contribution in [-0.4, -0.2) is 4.98 Å². The topological polar surface area (TPSA) is 49.1 Å². The fraction of sp³-hybridized carbons (Fsp3) is 0.0556. The summed E-state index contributed by atoms with van der Waals surface area (Å²) in [6.45, 7) is 0. The van der Waals surface area contributed by atoms with Crippen LogP contribution in [-0.2, 0) is 0 Å². The standard InChI is InChI=1S/C18H14ClN3S/c19-15-9-7-14(8-10-15)17-12-23-18(21-17)16(22-20)11-6-13-4-2-1-3-5-13/h1-12,16,20H. The van der Waals surface area contributed by atoms with Crippen LogP contribution < -0.4 is 0 Å². The Bertz CT molecular complexity index is 810. The molecule has 0 saturated heterocycles. The lowest BCUT2D eigenvalue weighted by Crippen LogP contribution is -1.89. The summed E-state index contributed by atoms with van der Waals surface area (Å²) < 4.78 is 0. The Hall–Kier alpha value is -2.30. The molecule has 2 aromatic carbocycles. The molecule has 5 heteroatoms. The first-order valence-corrected chi connectivity index (χ1v) is 8.33. The fourth-order valence-corrected chi connectivity index (χ4v) is 3.09. The van der Waals surface area contributed by atoms with Crippen molar-refractivity contribution in [2.45, 2.75) is 6.04 Å². The van der Waals surface area contributed by atoms with Gasteiger partial charge in [0.1, 0.15) is 11.0 Å². The van der Waals surface area contributed by atoms with Gasteiger partial charge in [-0.2, -0.15) is 5.11 Å². The molecule has 1 heterocycles. The van der Waals surface area contributed by atoms with Gasteiger partial charge in [-0.05, 0) is 17.7 Å². The lowest BCUT2D eigenvalue weighted by molar-refractivity contribution is 0.797. The van der Waals surface area contributed by atoms with E-state index < -0.39 is 0 Å². The molecule has 3 rings (SSSR count). The van der Waals surface area contributed by atoms with E-state index in [1.807, 2.05) is 72.1 Å². The molecular weight excluding hydrogens is 326 g/mol. The van der Waals surface area contributed by atoms with Crippen molar-refractivity contribution in [1.29, 1.82) is 5.53 Å².